The molecular weight excluding hydrogens is 328 g/mol. The van der Waals surface area contributed by atoms with Crippen LogP contribution in [0.3, 0.4) is 0 Å². The molecule has 0 aromatic heterocycles. The Morgan fingerprint density at radius 3 is 2.38 bits per heavy atom. The van der Waals surface area contributed by atoms with Gasteiger partial charge in [0.25, 0.3) is 0 Å². The van der Waals surface area contributed by atoms with Crippen molar-refractivity contribution in [1.82, 2.24) is 4.90 Å². The highest BCUT2D eigenvalue weighted by atomic mass is 16.6. The Labute approximate surface area is 156 Å². The van der Waals surface area contributed by atoms with Crippen LogP contribution in [0.2, 0.25) is 0 Å². The van der Waals surface area contributed by atoms with Gasteiger partial charge in [-0.15, -0.1) is 0 Å². The molecule has 1 aliphatic rings. The standard InChI is InChI=1S/C21H30N2O3/c1-16(2)26-21(25)23-14-12-19(13-15-23)7-5-4-6-18-8-10-20(11-9-18)22-17(3)24/h8-11,19H,1,4-7,12-15H2,2-3H3,(H,22,24). The van der Waals surface area contributed by atoms with Gasteiger partial charge in [0.15, 0.2) is 0 Å². The third-order valence-electron chi connectivity index (χ3n) is 4.74. The molecule has 0 saturated carbocycles. The van der Waals surface area contributed by atoms with Crippen LogP contribution in [0.15, 0.2) is 36.6 Å². The number of piperidine rings is 1. The molecule has 2 rings (SSSR count). The number of amides is 2. The van der Waals surface area contributed by atoms with Crippen LogP contribution in [-0.4, -0.2) is 30.0 Å². The molecular formula is C21H30N2O3. The summed E-state index contributed by atoms with van der Waals surface area (Å²) in [6.45, 7) is 8.38. The number of hydrogen-bond acceptors (Lipinski definition) is 3. The quantitative estimate of drug-likeness (QED) is 0.566. The Morgan fingerprint density at radius 1 is 1.15 bits per heavy atom. The van der Waals surface area contributed by atoms with E-state index < -0.39 is 0 Å². The van der Waals surface area contributed by atoms with Crippen LogP contribution in [0, 0.1) is 5.92 Å². The summed E-state index contributed by atoms with van der Waals surface area (Å²) >= 11 is 0. The van der Waals surface area contributed by atoms with Crippen molar-refractivity contribution >= 4 is 17.7 Å². The normalized spacial score (nSPS) is 14.8. The van der Waals surface area contributed by atoms with Crippen LogP contribution in [0.25, 0.3) is 0 Å². The van der Waals surface area contributed by atoms with Crippen LogP contribution in [-0.2, 0) is 16.0 Å². The topological polar surface area (TPSA) is 58.6 Å². The summed E-state index contributed by atoms with van der Waals surface area (Å²) in [5, 5.41) is 2.78. The zero-order chi connectivity index (χ0) is 18.9. The number of anilines is 1. The van der Waals surface area contributed by atoms with Gasteiger partial charge in [0.2, 0.25) is 5.91 Å². The fraction of sp³-hybridized carbons (Fsp3) is 0.524. The van der Waals surface area contributed by atoms with Gasteiger partial charge in [-0.05, 0) is 56.2 Å². The minimum Gasteiger partial charge on any atom is -0.416 e. The van der Waals surface area contributed by atoms with Crippen molar-refractivity contribution in [2.75, 3.05) is 18.4 Å². The Morgan fingerprint density at radius 2 is 1.81 bits per heavy atom. The lowest BCUT2D eigenvalue weighted by molar-refractivity contribution is -0.114. The van der Waals surface area contributed by atoms with E-state index >= 15 is 0 Å². The van der Waals surface area contributed by atoms with Crippen molar-refractivity contribution < 1.29 is 14.3 Å². The van der Waals surface area contributed by atoms with Gasteiger partial charge in [0.05, 0.1) is 5.76 Å². The Bertz CT molecular complexity index is 617. The molecule has 0 aliphatic carbocycles. The minimum absolute atomic E-state index is 0.0447. The second-order valence-electron chi connectivity index (χ2n) is 7.12. The number of carbonyl (C=O) groups excluding carboxylic acids is 2. The lowest BCUT2D eigenvalue weighted by Crippen LogP contribution is -2.38. The molecule has 2 amide bonds. The SMILES string of the molecule is C=C(C)OC(=O)N1CCC(CCCCc2ccc(NC(C)=O)cc2)CC1. The minimum atomic E-state index is -0.265. The summed E-state index contributed by atoms with van der Waals surface area (Å²) in [6, 6.07) is 8.07. The molecule has 5 nitrogen and oxygen atoms in total. The number of allylic oxidation sites excluding steroid dienone is 1. The van der Waals surface area contributed by atoms with E-state index in [9.17, 15) is 9.59 Å². The van der Waals surface area contributed by atoms with E-state index in [0.717, 1.165) is 44.5 Å². The molecule has 0 atom stereocenters. The average Bonchev–Trinajstić information content (AvgIpc) is 2.59. The number of benzene rings is 1. The predicted octanol–water partition coefficient (Wildman–Crippen LogP) is 4.74. The van der Waals surface area contributed by atoms with E-state index in [1.807, 2.05) is 12.1 Å². The number of likely N-dealkylation sites (tertiary alicyclic amines) is 1. The third-order valence-corrected chi connectivity index (χ3v) is 4.74. The number of nitrogens with zero attached hydrogens (tertiary/aromatic N) is 1. The van der Waals surface area contributed by atoms with E-state index in [2.05, 4.69) is 24.0 Å². The maximum Gasteiger partial charge on any atom is 0.414 e. The summed E-state index contributed by atoms with van der Waals surface area (Å²) in [5.74, 6) is 1.10. The fourth-order valence-electron chi connectivity index (χ4n) is 3.34. The molecule has 0 spiro atoms. The van der Waals surface area contributed by atoms with E-state index in [1.54, 1.807) is 11.8 Å². The first kappa shape index (κ1) is 20.0. The molecule has 1 heterocycles. The molecule has 26 heavy (non-hydrogen) atoms. The van der Waals surface area contributed by atoms with Gasteiger partial charge in [-0.2, -0.15) is 0 Å². The Kier molecular flexibility index (Phi) is 7.70. The maximum atomic E-state index is 11.8. The third kappa shape index (κ3) is 6.90. The summed E-state index contributed by atoms with van der Waals surface area (Å²) < 4.78 is 5.07. The summed E-state index contributed by atoms with van der Waals surface area (Å²) in [7, 11) is 0. The number of hydrogen-bond donors (Lipinski definition) is 1. The molecule has 1 aromatic carbocycles. The van der Waals surface area contributed by atoms with Crippen molar-refractivity contribution in [3.8, 4) is 0 Å². The molecule has 0 unspecified atom stereocenters. The zero-order valence-electron chi connectivity index (χ0n) is 15.9. The van der Waals surface area contributed by atoms with E-state index in [0.29, 0.717) is 11.7 Å². The van der Waals surface area contributed by atoms with E-state index in [-0.39, 0.29) is 12.0 Å². The van der Waals surface area contributed by atoms with Gasteiger partial charge in [0, 0.05) is 25.7 Å². The first-order valence-corrected chi connectivity index (χ1v) is 9.43. The van der Waals surface area contributed by atoms with Gasteiger partial charge >= 0.3 is 6.09 Å². The number of aryl methyl sites for hydroxylation is 1. The van der Waals surface area contributed by atoms with Crippen molar-refractivity contribution in [2.24, 2.45) is 5.92 Å². The second-order valence-corrected chi connectivity index (χ2v) is 7.12. The molecule has 1 aliphatic heterocycles. The van der Waals surface area contributed by atoms with Crippen LogP contribution in [0.5, 0.6) is 0 Å². The molecule has 1 aromatic rings. The Hall–Kier alpha value is -2.30. The van der Waals surface area contributed by atoms with Crippen LogP contribution < -0.4 is 5.32 Å². The second kappa shape index (κ2) is 10.00. The van der Waals surface area contributed by atoms with Crippen molar-refractivity contribution in [1.29, 1.82) is 0 Å². The summed E-state index contributed by atoms with van der Waals surface area (Å²) in [6.07, 6.45) is 6.48. The number of nitrogens with one attached hydrogen (secondary N) is 1. The van der Waals surface area contributed by atoms with Crippen LogP contribution in [0.4, 0.5) is 10.5 Å². The molecule has 0 radical (unpaired) electrons. The monoisotopic (exact) mass is 358 g/mol. The number of ether oxygens (including phenoxy) is 1. The van der Waals surface area contributed by atoms with Gasteiger partial charge in [-0.3, -0.25) is 4.79 Å². The van der Waals surface area contributed by atoms with E-state index in [1.165, 1.54) is 25.3 Å². The highest BCUT2D eigenvalue weighted by Crippen LogP contribution is 2.24. The summed E-state index contributed by atoms with van der Waals surface area (Å²) in [4.78, 5) is 24.6. The first-order valence-electron chi connectivity index (χ1n) is 9.43. The largest absolute Gasteiger partial charge is 0.416 e. The fourth-order valence-corrected chi connectivity index (χ4v) is 3.34. The lowest BCUT2D eigenvalue weighted by Gasteiger charge is -2.31. The molecule has 1 fully saturated rings. The molecule has 5 heteroatoms. The maximum absolute atomic E-state index is 11.8. The number of rotatable bonds is 7. The van der Waals surface area contributed by atoms with Crippen LogP contribution in [0.1, 0.15) is 51.5 Å². The zero-order valence-corrected chi connectivity index (χ0v) is 15.9. The molecule has 142 valence electrons. The number of unbranched alkanes of at least 4 members (excludes halogenated alkanes) is 1. The highest BCUT2D eigenvalue weighted by Gasteiger charge is 2.23. The van der Waals surface area contributed by atoms with Gasteiger partial charge < -0.3 is 15.0 Å². The van der Waals surface area contributed by atoms with Gasteiger partial charge in [-0.1, -0.05) is 31.6 Å². The van der Waals surface area contributed by atoms with Crippen LogP contribution >= 0.6 is 0 Å². The Balaban J connectivity index is 1.61. The highest BCUT2D eigenvalue weighted by molar-refractivity contribution is 5.88. The molecule has 1 N–H and O–H groups in total. The van der Waals surface area contributed by atoms with Crippen molar-refractivity contribution in [3.63, 3.8) is 0 Å². The average molecular weight is 358 g/mol. The first-order chi connectivity index (χ1) is 12.4. The number of carbonyl (C=O) groups is 2. The molecule has 0 bridgehead atoms. The van der Waals surface area contributed by atoms with E-state index in [4.69, 9.17) is 4.74 Å². The van der Waals surface area contributed by atoms with Gasteiger partial charge in [0.1, 0.15) is 0 Å². The van der Waals surface area contributed by atoms with Crippen molar-refractivity contribution in [2.45, 2.75) is 52.4 Å². The molecule has 1 saturated heterocycles. The lowest BCUT2D eigenvalue weighted by atomic mass is 9.91. The predicted molar refractivity (Wildman–Crippen MR) is 104 cm³/mol. The van der Waals surface area contributed by atoms with Gasteiger partial charge in [-0.25, -0.2) is 4.79 Å². The van der Waals surface area contributed by atoms with Crippen molar-refractivity contribution in [3.05, 3.63) is 42.2 Å². The smallest absolute Gasteiger partial charge is 0.414 e. The summed E-state index contributed by atoms with van der Waals surface area (Å²) in [5.41, 5.74) is 2.15.